The summed E-state index contributed by atoms with van der Waals surface area (Å²) in [4.78, 5) is 9.90. The number of hydrogen-bond donors (Lipinski definition) is 0. The van der Waals surface area contributed by atoms with Crippen molar-refractivity contribution in [3.05, 3.63) is 127 Å². The molecule has 172 valence electrons. The average Bonchev–Trinajstić information content (AvgIpc) is 2.92. The van der Waals surface area contributed by atoms with Gasteiger partial charge in [0.15, 0.2) is 0 Å². The van der Waals surface area contributed by atoms with Crippen LogP contribution in [-0.4, -0.2) is 24.5 Å². The molecule has 0 aliphatic rings. The lowest BCUT2D eigenvalue weighted by Gasteiger charge is -2.19. The quantitative estimate of drug-likeness (QED) is 0.274. The molecule has 0 saturated carbocycles. The van der Waals surface area contributed by atoms with Gasteiger partial charge in [0.05, 0.1) is 16.8 Å². The lowest BCUT2D eigenvalue weighted by Crippen LogP contribution is -2.48. The molecular weight excluding hydrogens is 455 g/mol. The summed E-state index contributed by atoms with van der Waals surface area (Å²) < 4.78 is 9.26. The summed E-state index contributed by atoms with van der Waals surface area (Å²) in [6.07, 6.45) is 0. The van der Waals surface area contributed by atoms with Crippen LogP contribution in [0.5, 0.6) is 5.75 Å². The Balaban J connectivity index is 1.50. The van der Waals surface area contributed by atoms with Gasteiger partial charge >= 0.3 is 14.5 Å². The van der Waals surface area contributed by atoms with Crippen molar-refractivity contribution in [3.8, 4) is 16.9 Å². The number of rotatable bonds is 5. The van der Waals surface area contributed by atoms with Crippen LogP contribution >= 0.6 is 0 Å². The van der Waals surface area contributed by atoms with Gasteiger partial charge in [-0.25, -0.2) is 0 Å². The second-order valence-electron chi connectivity index (χ2n) is 9.13. The maximum absolute atomic E-state index is 6.93. The molecule has 3 nitrogen and oxygen atoms in total. The Morgan fingerprint density at radius 2 is 1.03 bits per heavy atom. The fraction of sp³-hybridized carbons (Fsp3) is 0.0625. The van der Waals surface area contributed by atoms with Crippen molar-refractivity contribution in [2.24, 2.45) is 0 Å². The third-order valence-electron chi connectivity index (χ3n) is 6.56. The van der Waals surface area contributed by atoms with E-state index in [0.717, 1.165) is 38.9 Å². The average molecular weight is 481 g/mol. The molecule has 4 aromatic carbocycles. The highest BCUT2D eigenvalue weighted by Gasteiger charge is 2.34. The van der Waals surface area contributed by atoms with Crippen LogP contribution in [0.2, 0.25) is 0 Å². The molecule has 0 N–H and O–H groups in total. The van der Waals surface area contributed by atoms with Crippen LogP contribution in [0, 0.1) is 13.8 Å². The molecule has 0 aliphatic carbocycles. The first-order chi connectivity index (χ1) is 17.7. The van der Waals surface area contributed by atoms with E-state index in [1.54, 1.807) is 0 Å². The number of aryl methyl sites for hydroxylation is 2. The van der Waals surface area contributed by atoms with E-state index >= 15 is 0 Å². The van der Waals surface area contributed by atoms with Gasteiger partial charge in [-0.3, -0.25) is 9.97 Å². The third kappa shape index (κ3) is 4.38. The van der Waals surface area contributed by atoms with Crippen molar-refractivity contribution in [1.29, 1.82) is 0 Å². The first-order valence-electron chi connectivity index (χ1n) is 12.2. The molecule has 0 unspecified atom stereocenters. The predicted molar refractivity (Wildman–Crippen MR) is 150 cm³/mol. The van der Waals surface area contributed by atoms with Gasteiger partial charge in [-0.05, 0) is 68.9 Å². The molecule has 0 aliphatic heterocycles. The molecule has 0 spiro atoms. The third-order valence-corrected chi connectivity index (χ3v) is 9.13. The molecule has 6 rings (SSSR count). The van der Waals surface area contributed by atoms with E-state index < -0.39 is 14.5 Å². The minimum Gasteiger partial charge on any atom is -0.636 e. The zero-order valence-electron chi connectivity index (χ0n) is 20.3. The number of pyridine rings is 2. The SMILES string of the molecule is Cc1ccc2ccc[c]([Al]([O]c3ccc(-c4ccccc4)cc3)[c]3cccc4ccc(C)nc34)c2n1. The summed E-state index contributed by atoms with van der Waals surface area (Å²) in [6.45, 7) is 4.08. The highest BCUT2D eigenvalue weighted by molar-refractivity contribution is 6.84. The topological polar surface area (TPSA) is 35.0 Å². The van der Waals surface area contributed by atoms with Crippen molar-refractivity contribution < 1.29 is 3.79 Å². The van der Waals surface area contributed by atoms with Crippen molar-refractivity contribution in [2.45, 2.75) is 13.8 Å². The van der Waals surface area contributed by atoms with Gasteiger partial charge in [-0.2, -0.15) is 0 Å². The molecule has 0 amide bonds. The fourth-order valence-electron chi connectivity index (χ4n) is 4.75. The first-order valence-corrected chi connectivity index (χ1v) is 13.8. The van der Waals surface area contributed by atoms with Crippen LogP contribution in [0.1, 0.15) is 11.4 Å². The second-order valence-corrected chi connectivity index (χ2v) is 11.4. The molecule has 36 heavy (non-hydrogen) atoms. The molecule has 0 fully saturated rings. The lowest BCUT2D eigenvalue weighted by atomic mass is 10.1. The smallest absolute Gasteiger partial charge is 0.635 e. The van der Waals surface area contributed by atoms with Crippen LogP contribution in [-0.2, 0) is 0 Å². The van der Waals surface area contributed by atoms with E-state index in [4.69, 9.17) is 13.8 Å². The number of hydrogen-bond acceptors (Lipinski definition) is 3. The number of para-hydroxylation sites is 2. The Kier molecular flexibility index (Phi) is 5.99. The molecule has 2 heterocycles. The van der Waals surface area contributed by atoms with Crippen LogP contribution < -0.4 is 12.6 Å². The fourth-order valence-corrected chi connectivity index (χ4v) is 7.29. The Bertz CT molecular complexity index is 1600. The van der Waals surface area contributed by atoms with E-state index in [1.807, 2.05) is 19.9 Å². The Labute approximate surface area is 215 Å². The zero-order chi connectivity index (χ0) is 24.5. The van der Waals surface area contributed by atoms with Crippen LogP contribution in [0.25, 0.3) is 32.9 Å². The molecular formula is C32H25AlN2O. The minimum absolute atomic E-state index is 0.862. The zero-order valence-corrected chi connectivity index (χ0v) is 21.5. The Hall–Kier alpha value is -3.97. The first kappa shape index (κ1) is 22.5. The molecule has 0 radical (unpaired) electrons. The molecule has 4 heteroatoms. The van der Waals surface area contributed by atoms with Crippen molar-refractivity contribution in [2.75, 3.05) is 0 Å². The van der Waals surface area contributed by atoms with Crippen LogP contribution in [0.15, 0.2) is 115 Å². The molecule has 0 atom stereocenters. The van der Waals surface area contributed by atoms with Gasteiger partial charge in [-0.1, -0.05) is 91.0 Å². The van der Waals surface area contributed by atoms with E-state index in [2.05, 4.69) is 109 Å². The van der Waals surface area contributed by atoms with E-state index in [-0.39, 0.29) is 0 Å². The largest absolute Gasteiger partial charge is 0.636 e. The highest BCUT2D eigenvalue weighted by atomic mass is 27.2. The van der Waals surface area contributed by atoms with Gasteiger partial charge in [0, 0.05) is 11.4 Å². The summed E-state index contributed by atoms with van der Waals surface area (Å²) in [5, 5.41) is 2.26. The summed E-state index contributed by atoms with van der Waals surface area (Å²) in [5.41, 5.74) is 6.40. The minimum atomic E-state index is -2.23. The second kappa shape index (κ2) is 9.59. The number of benzene rings is 4. The monoisotopic (exact) mass is 480 g/mol. The number of aromatic nitrogens is 2. The van der Waals surface area contributed by atoms with Crippen LogP contribution in [0.3, 0.4) is 0 Å². The van der Waals surface area contributed by atoms with Crippen molar-refractivity contribution in [1.82, 2.24) is 9.97 Å². The summed E-state index contributed by atoms with van der Waals surface area (Å²) in [5.74, 6) is 0.862. The molecule has 0 bridgehead atoms. The van der Waals surface area contributed by atoms with E-state index in [0.29, 0.717) is 0 Å². The Morgan fingerprint density at radius 1 is 0.500 bits per heavy atom. The normalized spacial score (nSPS) is 11.1. The van der Waals surface area contributed by atoms with Gasteiger partial charge in [0.1, 0.15) is 0 Å². The predicted octanol–water partition coefficient (Wildman–Crippen LogP) is 6.25. The van der Waals surface area contributed by atoms with Gasteiger partial charge in [0.25, 0.3) is 0 Å². The van der Waals surface area contributed by atoms with Crippen LogP contribution in [0.4, 0.5) is 0 Å². The summed E-state index contributed by atoms with van der Waals surface area (Å²) >= 11 is -2.23. The Morgan fingerprint density at radius 3 is 1.58 bits per heavy atom. The number of nitrogens with zero attached hydrogens (tertiary/aromatic N) is 2. The van der Waals surface area contributed by atoms with Gasteiger partial charge < -0.3 is 3.79 Å². The maximum atomic E-state index is 6.93. The maximum Gasteiger partial charge on any atom is 0.635 e. The van der Waals surface area contributed by atoms with E-state index in [9.17, 15) is 0 Å². The van der Waals surface area contributed by atoms with Gasteiger partial charge in [-0.15, -0.1) is 0 Å². The highest BCUT2D eigenvalue weighted by Crippen LogP contribution is 2.23. The van der Waals surface area contributed by atoms with Gasteiger partial charge in [0.2, 0.25) is 0 Å². The molecule has 0 saturated heterocycles. The molecule has 6 aromatic rings. The standard InChI is InChI=1S/C12H10O.2C10H8N.Al/c13-12-8-6-11(7-9-12)10-4-2-1-3-5-10;2*1-8-6-7-9-4-2-3-5-10(9)11-8;/h1-9,13H;2*2-4,6-7H,1H3;/q;;;+1/p-1. The van der Waals surface area contributed by atoms with Crippen molar-refractivity contribution in [3.63, 3.8) is 0 Å². The molecule has 2 aromatic heterocycles. The summed E-state index contributed by atoms with van der Waals surface area (Å²) in [7, 11) is 0. The van der Waals surface area contributed by atoms with E-state index in [1.165, 1.54) is 20.0 Å². The lowest BCUT2D eigenvalue weighted by molar-refractivity contribution is 0.592. The van der Waals surface area contributed by atoms with Crippen molar-refractivity contribution >= 4 is 45.1 Å². The number of fused-ring (bicyclic) bond motifs is 2. The summed E-state index contributed by atoms with van der Waals surface area (Å²) in [6, 6.07) is 40.1.